The Hall–Kier alpha value is -4.00. The van der Waals surface area contributed by atoms with Crippen LogP contribution in [0.2, 0.25) is 0 Å². The average molecular weight is 811 g/mol. The molecule has 4 aliphatic carbocycles. The van der Waals surface area contributed by atoms with E-state index in [1.807, 2.05) is 85.7 Å². The minimum Gasteiger partial charge on any atom is -0.496 e. The molecule has 2 amide bonds. The molecule has 1 saturated heterocycles. The molecule has 3 aromatic rings. The van der Waals surface area contributed by atoms with E-state index in [-0.39, 0.29) is 36.4 Å². The Morgan fingerprint density at radius 2 is 1.75 bits per heavy atom. The summed E-state index contributed by atoms with van der Waals surface area (Å²) < 4.78 is 6.13. The van der Waals surface area contributed by atoms with Crippen LogP contribution in [0.15, 0.2) is 66.7 Å². The first-order valence-electron chi connectivity index (χ1n) is 21.8. The largest absolute Gasteiger partial charge is 0.496 e. The number of ether oxygens (including phenoxy) is 1. The second-order valence-electron chi connectivity index (χ2n) is 18.7. The van der Waals surface area contributed by atoms with E-state index in [1.165, 1.54) is 19.3 Å². The first-order chi connectivity index (χ1) is 28.2. The van der Waals surface area contributed by atoms with Crippen LogP contribution in [0, 0.1) is 35.0 Å². The molecular formula is C48H66N4O7. The van der Waals surface area contributed by atoms with E-state index in [2.05, 4.69) is 31.4 Å². The molecule has 0 aromatic heterocycles. The quantitative estimate of drug-likeness (QED) is 0.116. The minimum atomic E-state index is -0.915. The Kier molecular flexibility index (Phi) is 13.1. The molecular weight excluding hydrogens is 745 g/mol. The maximum Gasteiger partial charge on any atom is 0.251 e. The van der Waals surface area contributed by atoms with Crippen molar-refractivity contribution in [1.29, 1.82) is 0 Å². The summed E-state index contributed by atoms with van der Waals surface area (Å²) >= 11 is 0. The Morgan fingerprint density at radius 3 is 2.37 bits per heavy atom. The van der Waals surface area contributed by atoms with Crippen molar-refractivity contribution < 1.29 is 34.5 Å². The zero-order valence-corrected chi connectivity index (χ0v) is 35.9. The maximum atomic E-state index is 14.3. The van der Waals surface area contributed by atoms with E-state index in [4.69, 9.17) is 9.57 Å². The molecule has 11 heteroatoms. The number of hydrogen-bond donors (Lipinski definition) is 5. The molecule has 4 saturated carbocycles. The van der Waals surface area contributed by atoms with E-state index in [0.717, 1.165) is 47.2 Å². The second kappa shape index (κ2) is 17.9. The predicted octanol–water partition coefficient (Wildman–Crippen LogP) is 6.50. The molecule has 320 valence electrons. The number of carbonyl (C=O) groups excluding carboxylic acids is 2. The molecule has 59 heavy (non-hydrogen) atoms. The van der Waals surface area contributed by atoms with E-state index in [0.29, 0.717) is 41.4 Å². The molecule has 0 radical (unpaired) electrons. The first-order valence-corrected chi connectivity index (χ1v) is 21.8. The van der Waals surface area contributed by atoms with Crippen LogP contribution in [0.25, 0.3) is 11.1 Å². The van der Waals surface area contributed by atoms with Gasteiger partial charge in [0.25, 0.3) is 5.91 Å². The normalized spacial score (nSPS) is 28.0. The smallest absolute Gasteiger partial charge is 0.251 e. The van der Waals surface area contributed by atoms with Gasteiger partial charge in [-0.25, -0.2) is 0 Å². The van der Waals surface area contributed by atoms with Gasteiger partial charge in [-0.05, 0) is 84.6 Å². The van der Waals surface area contributed by atoms with E-state index >= 15 is 0 Å². The number of fused-ring (bicyclic) bond motifs is 2. The molecule has 0 spiro atoms. The number of nitrogens with one attached hydrogen (secondary N) is 2. The fourth-order valence-electron chi connectivity index (χ4n) is 11.0. The predicted molar refractivity (Wildman–Crippen MR) is 230 cm³/mol. The van der Waals surface area contributed by atoms with Gasteiger partial charge in [0.2, 0.25) is 5.91 Å². The van der Waals surface area contributed by atoms with Crippen molar-refractivity contribution in [2.24, 2.45) is 35.0 Å². The molecule has 10 atom stereocenters. The highest BCUT2D eigenvalue weighted by molar-refractivity contribution is 5.97. The van der Waals surface area contributed by atoms with Crippen LogP contribution in [0.1, 0.15) is 100 Å². The number of anilines is 1. The molecule has 1 aliphatic heterocycles. The van der Waals surface area contributed by atoms with Gasteiger partial charge >= 0.3 is 0 Å². The van der Waals surface area contributed by atoms with Gasteiger partial charge in [0.1, 0.15) is 17.9 Å². The van der Waals surface area contributed by atoms with Crippen molar-refractivity contribution >= 4 is 17.5 Å². The van der Waals surface area contributed by atoms with Gasteiger partial charge in [-0.15, -0.1) is 0 Å². The van der Waals surface area contributed by atoms with Crippen molar-refractivity contribution in [3.05, 3.63) is 83.4 Å². The molecule has 5 aliphatic rings. The molecule has 1 heterocycles. The van der Waals surface area contributed by atoms with Crippen LogP contribution in [0.4, 0.5) is 5.69 Å². The average Bonchev–Trinajstić information content (AvgIpc) is 3.88. The number of nitrogens with zero attached hydrogens (tertiary/aromatic N) is 2. The highest BCUT2D eigenvalue weighted by atomic mass is 16.7. The van der Waals surface area contributed by atoms with E-state index in [1.54, 1.807) is 19.1 Å². The fourth-order valence-corrected chi connectivity index (χ4v) is 11.0. The fraction of sp³-hybridized carbons (Fsp3) is 0.583. The van der Waals surface area contributed by atoms with Crippen LogP contribution in [-0.4, -0.2) is 90.3 Å². The third-order valence-electron chi connectivity index (χ3n) is 14.6. The number of hydroxylamine groups is 2. The molecule has 3 aromatic carbocycles. The molecule has 11 nitrogen and oxygen atoms in total. The molecule has 5 N–H and O–H groups in total. The van der Waals surface area contributed by atoms with Gasteiger partial charge < -0.3 is 35.6 Å². The second-order valence-corrected chi connectivity index (χ2v) is 18.7. The van der Waals surface area contributed by atoms with Gasteiger partial charge in [0.15, 0.2) is 0 Å². The zero-order valence-electron chi connectivity index (χ0n) is 35.9. The summed E-state index contributed by atoms with van der Waals surface area (Å²) in [5, 5.41) is 41.2. The summed E-state index contributed by atoms with van der Waals surface area (Å²) in [5.74, 6) is 1.29. The molecule has 8 rings (SSSR count). The third-order valence-corrected chi connectivity index (χ3v) is 14.6. The lowest BCUT2D eigenvalue weighted by Gasteiger charge is -2.62. The number of amides is 2. The highest BCUT2D eigenvalue weighted by Gasteiger charge is 2.57. The van der Waals surface area contributed by atoms with Gasteiger partial charge in [-0.1, -0.05) is 95.0 Å². The Balaban J connectivity index is 1.17. The van der Waals surface area contributed by atoms with Crippen LogP contribution in [0.5, 0.6) is 5.75 Å². The van der Waals surface area contributed by atoms with Crippen molar-refractivity contribution in [1.82, 2.24) is 15.7 Å². The van der Waals surface area contributed by atoms with Crippen LogP contribution in [0.3, 0.4) is 0 Å². The minimum absolute atomic E-state index is 0.0248. The number of aliphatic hydroxyl groups excluding tert-OH is 3. The number of aliphatic hydroxyl groups is 3. The lowest BCUT2D eigenvalue weighted by Crippen LogP contribution is -2.62. The summed E-state index contributed by atoms with van der Waals surface area (Å²) in [7, 11) is 5.47. The molecule has 5 fully saturated rings. The van der Waals surface area contributed by atoms with E-state index in [9.17, 15) is 24.9 Å². The van der Waals surface area contributed by atoms with Crippen LogP contribution >= 0.6 is 0 Å². The van der Waals surface area contributed by atoms with Crippen molar-refractivity contribution in [2.75, 3.05) is 32.7 Å². The summed E-state index contributed by atoms with van der Waals surface area (Å²) in [6.45, 7) is 8.35. The maximum absolute atomic E-state index is 14.3. The van der Waals surface area contributed by atoms with Crippen molar-refractivity contribution in [3.8, 4) is 16.9 Å². The number of methoxy groups -OCH3 is 1. The van der Waals surface area contributed by atoms with Crippen LogP contribution in [-0.2, 0) is 16.2 Å². The lowest BCUT2D eigenvalue weighted by atomic mass is 9.45. The zero-order chi connectivity index (χ0) is 42.2. The first kappa shape index (κ1) is 43.1. The topological polar surface area (TPSA) is 144 Å². The van der Waals surface area contributed by atoms with Gasteiger partial charge in [-0.3, -0.25) is 14.4 Å². The number of hydrogen-bond acceptors (Lipinski definition) is 9. The monoisotopic (exact) mass is 810 g/mol. The van der Waals surface area contributed by atoms with Crippen LogP contribution < -0.4 is 20.3 Å². The van der Waals surface area contributed by atoms with Gasteiger partial charge in [0.05, 0.1) is 38.5 Å². The Labute approximate surface area is 350 Å². The van der Waals surface area contributed by atoms with E-state index < -0.39 is 36.3 Å². The van der Waals surface area contributed by atoms with Crippen molar-refractivity contribution in [2.45, 2.75) is 116 Å². The summed E-state index contributed by atoms with van der Waals surface area (Å²) in [6, 6.07) is 19.8. The SMILES string of the molecule is COc1c(CN2O[C@@H](CO)[C@@H]([C@H](C)O)[C@H]2C(=O)N[C@H]2C[C@H]3C[C@@H]([C@@H]2C)C3(C)C)cccc1-c1cc(C(=O)N[C@H](CC2CCCC2)[C@H](O)c2ccccc2)cc(N(C)C)c1. The third kappa shape index (κ3) is 8.77. The number of rotatable bonds is 15. The number of carbonyl (C=O) groups is 2. The van der Waals surface area contributed by atoms with Gasteiger partial charge in [0, 0.05) is 48.4 Å². The summed E-state index contributed by atoms with van der Waals surface area (Å²) in [6.07, 6.45) is 4.80. The Bertz CT molecular complexity index is 1930. The molecule has 0 unspecified atom stereocenters. The van der Waals surface area contributed by atoms with Gasteiger partial charge in [-0.2, -0.15) is 5.06 Å². The summed E-state index contributed by atoms with van der Waals surface area (Å²) in [4.78, 5) is 36.9. The number of benzene rings is 3. The summed E-state index contributed by atoms with van der Waals surface area (Å²) in [5.41, 5.74) is 4.57. The Morgan fingerprint density at radius 1 is 1.02 bits per heavy atom. The number of para-hydroxylation sites is 1. The lowest BCUT2D eigenvalue weighted by molar-refractivity contribution is -0.183. The standard InChI is InChI=1S/C48H66N4O7/c1-28-38-24-35(48(38,3)4)25-39(28)49-47(57)43-42(29(2)54)41(27-53)59-52(43)26-32-18-13-19-37(45(32)58-7)33-21-34(23-36(22-33)51(5)6)46(56)50-40(20-30-14-11-12-15-30)44(55)31-16-9-8-10-17-31/h8-10,13,16-19,21-23,28-30,35,38-44,53-55H,11-12,14-15,20,24-27H2,1-7H3,(H,49,57)(H,50,56)/t28-,29-,35+,38-,39-,40+,41-,42+,43-,44+/m0/s1. The van der Waals surface area contributed by atoms with Crippen molar-refractivity contribution in [3.63, 3.8) is 0 Å². The molecule has 2 bridgehead atoms. The highest BCUT2D eigenvalue weighted by Crippen LogP contribution is 2.61.